The Kier molecular flexibility index (Phi) is 4.93. The van der Waals surface area contributed by atoms with Crippen LogP contribution in [-0.2, 0) is 0 Å². The lowest BCUT2D eigenvalue weighted by Gasteiger charge is -2.23. The quantitative estimate of drug-likeness (QED) is 0.411. The monoisotopic (exact) mass is 465 g/mol. The molecule has 1 N–H and O–H groups in total. The molecular weight excluding hydrogens is 446 g/mol. The predicted molar refractivity (Wildman–Crippen MR) is 129 cm³/mol. The highest BCUT2D eigenvalue weighted by Crippen LogP contribution is 2.36. The van der Waals surface area contributed by atoms with Crippen LogP contribution in [0.3, 0.4) is 0 Å². The summed E-state index contributed by atoms with van der Waals surface area (Å²) in [6.07, 6.45) is 10.2. The van der Waals surface area contributed by atoms with Gasteiger partial charge in [-0.1, -0.05) is 0 Å². The smallest absolute Gasteiger partial charge is 0.147 e. The van der Waals surface area contributed by atoms with Crippen LogP contribution in [0.2, 0.25) is 0 Å². The first kappa shape index (κ1) is 20.3. The van der Waals surface area contributed by atoms with E-state index in [4.69, 9.17) is 0 Å². The van der Waals surface area contributed by atoms with Crippen molar-refractivity contribution in [1.82, 2.24) is 29.7 Å². The fourth-order valence-corrected chi connectivity index (χ4v) is 5.73. The number of aromatic nitrogens is 6. The van der Waals surface area contributed by atoms with E-state index >= 15 is 0 Å². The topological polar surface area (TPSA) is 123 Å². The van der Waals surface area contributed by atoms with Gasteiger partial charge in [0.15, 0.2) is 0 Å². The van der Waals surface area contributed by atoms with Crippen LogP contribution in [0, 0.1) is 28.6 Å². The molecule has 0 saturated carbocycles. The van der Waals surface area contributed by atoms with Gasteiger partial charge in [-0.3, -0.25) is 4.68 Å². The second kappa shape index (κ2) is 8.25. The van der Waals surface area contributed by atoms with Crippen molar-refractivity contribution in [1.29, 1.82) is 10.5 Å². The fraction of sp³-hybridized carbons (Fsp3) is 0.250. The first-order valence-electron chi connectivity index (χ1n) is 11.0. The molecule has 0 radical (unpaired) electrons. The van der Waals surface area contributed by atoms with Crippen LogP contribution < -0.4 is 4.90 Å². The van der Waals surface area contributed by atoms with E-state index < -0.39 is 0 Å². The van der Waals surface area contributed by atoms with Crippen molar-refractivity contribution >= 4 is 38.3 Å². The first-order valence-corrected chi connectivity index (χ1v) is 11.9. The molecule has 5 aromatic heterocycles. The number of hydrogen-bond donors (Lipinski definition) is 1. The molecule has 1 aliphatic rings. The molecular formula is C24H19N9S. The zero-order valence-electron chi connectivity index (χ0n) is 18.1. The number of fused-ring (bicyclic) bond motifs is 2. The van der Waals surface area contributed by atoms with Gasteiger partial charge in [0.2, 0.25) is 0 Å². The molecule has 1 aliphatic heterocycles. The number of nitrogens with one attached hydrogen (secondary N) is 1. The summed E-state index contributed by atoms with van der Waals surface area (Å²) in [5.41, 5.74) is 3.11. The van der Waals surface area contributed by atoms with E-state index in [-0.39, 0.29) is 12.0 Å². The summed E-state index contributed by atoms with van der Waals surface area (Å²) in [5, 5.41) is 27.9. The number of hydrogen-bond acceptors (Lipinski definition) is 8. The highest BCUT2D eigenvalue weighted by molar-refractivity contribution is 7.17. The lowest BCUT2D eigenvalue weighted by atomic mass is 9.96. The number of anilines is 1. The molecule has 2 atom stereocenters. The lowest BCUT2D eigenvalue weighted by Crippen LogP contribution is -2.26. The maximum atomic E-state index is 9.82. The minimum atomic E-state index is -0.0803. The molecule has 0 aliphatic carbocycles. The van der Waals surface area contributed by atoms with E-state index in [1.807, 2.05) is 40.8 Å². The highest BCUT2D eigenvalue weighted by Gasteiger charge is 2.33. The lowest BCUT2D eigenvalue weighted by molar-refractivity contribution is 0.332. The Morgan fingerprint density at radius 2 is 2.15 bits per heavy atom. The molecule has 34 heavy (non-hydrogen) atoms. The number of nitrogens with zero attached hydrogens (tertiary/aromatic N) is 8. The normalized spacial score (nSPS) is 16.6. The third-order valence-corrected chi connectivity index (χ3v) is 7.47. The van der Waals surface area contributed by atoms with Crippen LogP contribution in [0.25, 0.3) is 32.4 Å². The molecule has 2 unspecified atom stereocenters. The minimum absolute atomic E-state index is 0.0803. The van der Waals surface area contributed by atoms with Crippen LogP contribution in [-0.4, -0.2) is 42.8 Å². The second-order valence-electron chi connectivity index (χ2n) is 8.37. The van der Waals surface area contributed by atoms with Crippen LogP contribution in [0.1, 0.15) is 24.4 Å². The predicted octanol–water partition coefficient (Wildman–Crippen LogP) is 4.28. The molecule has 0 bridgehead atoms. The Morgan fingerprint density at radius 3 is 3.03 bits per heavy atom. The van der Waals surface area contributed by atoms with E-state index in [1.165, 1.54) is 6.33 Å². The van der Waals surface area contributed by atoms with Crippen LogP contribution >= 0.6 is 11.3 Å². The average molecular weight is 466 g/mol. The van der Waals surface area contributed by atoms with Gasteiger partial charge in [-0.15, -0.1) is 11.3 Å². The van der Waals surface area contributed by atoms with Gasteiger partial charge in [0.05, 0.1) is 35.1 Å². The van der Waals surface area contributed by atoms with Crippen LogP contribution in [0.4, 0.5) is 5.82 Å². The van der Waals surface area contributed by atoms with E-state index in [1.54, 1.807) is 17.5 Å². The number of thiophene rings is 1. The minimum Gasteiger partial charge on any atom is -0.355 e. The van der Waals surface area contributed by atoms with Crippen molar-refractivity contribution in [2.45, 2.75) is 18.9 Å². The zero-order chi connectivity index (χ0) is 23.1. The van der Waals surface area contributed by atoms with E-state index in [0.29, 0.717) is 12.0 Å². The third kappa shape index (κ3) is 3.28. The van der Waals surface area contributed by atoms with Gasteiger partial charge in [0.1, 0.15) is 29.4 Å². The Labute approximate surface area is 198 Å². The zero-order valence-corrected chi connectivity index (χ0v) is 18.9. The maximum Gasteiger partial charge on any atom is 0.147 e. The van der Waals surface area contributed by atoms with Crippen molar-refractivity contribution < 1.29 is 0 Å². The molecule has 6 rings (SSSR count). The van der Waals surface area contributed by atoms with Crippen molar-refractivity contribution in [3.8, 4) is 23.4 Å². The van der Waals surface area contributed by atoms with Gasteiger partial charge in [-0.05, 0) is 23.9 Å². The molecule has 10 heteroatoms. The summed E-state index contributed by atoms with van der Waals surface area (Å²) in [6.45, 7) is 1.50. The molecule has 5 aromatic rings. The standard InChI is InChI=1S/C24H19N9S/c25-5-1-20(33-13-17(11-31-33)21-18-2-6-27-23(18)30-14-29-21)16-3-7-32(12-16)24-19(9-26)22-15(10-28-24)4-8-34-22/h2,4,6,8,10-11,13-14,16,20H,1,3,7,12H2,(H,27,29,30). The molecule has 9 nitrogen and oxygen atoms in total. The van der Waals surface area contributed by atoms with Crippen LogP contribution in [0.15, 0.2) is 48.6 Å². The third-order valence-electron chi connectivity index (χ3n) is 6.52. The highest BCUT2D eigenvalue weighted by atomic mass is 32.1. The number of nitriles is 2. The number of aromatic amines is 1. The summed E-state index contributed by atoms with van der Waals surface area (Å²) >= 11 is 1.57. The Balaban J connectivity index is 1.29. The van der Waals surface area contributed by atoms with Crippen molar-refractivity contribution in [2.24, 2.45) is 5.92 Å². The number of pyridine rings is 1. The van der Waals surface area contributed by atoms with Crippen molar-refractivity contribution in [3.63, 3.8) is 0 Å². The summed E-state index contributed by atoms with van der Waals surface area (Å²) in [6, 6.07) is 8.56. The van der Waals surface area contributed by atoms with Crippen molar-refractivity contribution in [3.05, 3.63) is 54.2 Å². The van der Waals surface area contributed by atoms with Gasteiger partial charge in [-0.25, -0.2) is 15.0 Å². The molecule has 6 heterocycles. The summed E-state index contributed by atoms with van der Waals surface area (Å²) in [4.78, 5) is 18.6. The molecule has 0 aromatic carbocycles. The maximum absolute atomic E-state index is 9.82. The van der Waals surface area contributed by atoms with E-state index in [0.717, 1.165) is 57.7 Å². The SMILES string of the molecule is N#CCC(C1CCN(c2ncc3ccsc3c2C#N)C1)n1cc(-c2ncnc3[nH]ccc23)cn1. The Morgan fingerprint density at radius 1 is 1.21 bits per heavy atom. The van der Waals surface area contributed by atoms with Crippen LogP contribution in [0.5, 0.6) is 0 Å². The molecule has 0 amide bonds. The first-order chi connectivity index (χ1) is 16.8. The average Bonchev–Trinajstić information content (AvgIpc) is 3.67. The fourth-order valence-electron chi connectivity index (χ4n) is 4.87. The largest absolute Gasteiger partial charge is 0.355 e. The summed E-state index contributed by atoms with van der Waals surface area (Å²) in [5.74, 6) is 0.935. The molecule has 1 saturated heterocycles. The second-order valence-corrected chi connectivity index (χ2v) is 9.29. The van der Waals surface area contributed by atoms with Crippen molar-refractivity contribution in [2.75, 3.05) is 18.0 Å². The summed E-state index contributed by atoms with van der Waals surface area (Å²) < 4.78 is 2.87. The number of H-pyrrole nitrogens is 1. The Hall–Kier alpha value is -4.28. The molecule has 166 valence electrons. The van der Waals surface area contributed by atoms with Gasteiger partial charge in [0, 0.05) is 53.9 Å². The Bertz CT molecular complexity index is 1580. The van der Waals surface area contributed by atoms with Gasteiger partial charge in [-0.2, -0.15) is 15.6 Å². The van der Waals surface area contributed by atoms with E-state index in [9.17, 15) is 10.5 Å². The van der Waals surface area contributed by atoms with Gasteiger partial charge >= 0.3 is 0 Å². The van der Waals surface area contributed by atoms with E-state index in [2.05, 4.69) is 42.1 Å². The molecule has 0 spiro atoms. The molecule has 1 fully saturated rings. The van der Waals surface area contributed by atoms with Gasteiger partial charge < -0.3 is 9.88 Å². The van der Waals surface area contributed by atoms with Gasteiger partial charge in [0.25, 0.3) is 0 Å². The summed E-state index contributed by atoms with van der Waals surface area (Å²) in [7, 11) is 0. The number of rotatable bonds is 5.